The highest BCUT2D eigenvalue weighted by Gasteiger charge is 2.31. The minimum Gasteiger partial charge on any atom is -0.381 e. The molecule has 1 aromatic rings. The van der Waals surface area contributed by atoms with Crippen LogP contribution in [0.4, 0.5) is 0 Å². The van der Waals surface area contributed by atoms with E-state index in [1.807, 2.05) is 0 Å². The molecule has 1 amide bonds. The SMILES string of the molecule is COC1CC(NC(=O)c2cc(Br)cc(S(=O)(=O)Cl)c2Cl)C1. The minimum absolute atomic E-state index is 0.00597. The number of carbonyl (C=O) groups is 1. The molecule has 0 aliphatic heterocycles. The number of carbonyl (C=O) groups excluding carboxylic acids is 1. The quantitative estimate of drug-likeness (QED) is 0.765. The smallest absolute Gasteiger partial charge is 0.262 e. The van der Waals surface area contributed by atoms with Gasteiger partial charge in [-0.2, -0.15) is 0 Å². The minimum atomic E-state index is -4.03. The van der Waals surface area contributed by atoms with Crippen LogP contribution in [0.5, 0.6) is 0 Å². The molecule has 9 heteroatoms. The molecule has 21 heavy (non-hydrogen) atoms. The van der Waals surface area contributed by atoms with Gasteiger partial charge in [-0.3, -0.25) is 4.79 Å². The first kappa shape index (κ1) is 17.0. The Morgan fingerprint density at radius 2 is 2.05 bits per heavy atom. The van der Waals surface area contributed by atoms with Crippen LogP contribution >= 0.6 is 38.2 Å². The molecule has 1 aliphatic rings. The number of hydrogen-bond acceptors (Lipinski definition) is 4. The number of nitrogens with one attached hydrogen (secondary N) is 1. The van der Waals surface area contributed by atoms with Gasteiger partial charge >= 0.3 is 0 Å². The lowest BCUT2D eigenvalue weighted by Crippen LogP contribution is -2.47. The summed E-state index contributed by atoms with van der Waals surface area (Å²) in [5.41, 5.74) is 0.0612. The number of halogens is 3. The standard InChI is InChI=1S/C12H12BrCl2NO4S/c1-20-8-4-7(5-8)16-12(17)9-2-6(13)3-10(11(9)14)21(15,18)19/h2-3,7-8H,4-5H2,1H3,(H,16,17). The average molecular weight is 417 g/mol. The molecule has 0 heterocycles. The molecular weight excluding hydrogens is 405 g/mol. The van der Waals surface area contributed by atoms with E-state index in [0.717, 1.165) is 0 Å². The summed E-state index contributed by atoms with van der Waals surface area (Å²) >= 11 is 9.14. The van der Waals surface area contributed by atoms with Crippen LogP contribution in [-0.4, -0.2) is 33.6 Å². The maximum absolute atomic E-state index is 12.2. The second-order valence-corrected chi connectivity index (χ2v) is 8.53. The fourth-order valence-electron chi connectivity index (χ4n) is 2.05. The van der Waals surface area contributed by atoms with Crippen molar-refractivity contribution in [1.29, 1.82) is 0 Å². The largest absolute Gasteiger partial charge is 0.381 e. The van der Waals surface area contributed by atoms with E-state index in [0.29, 0.717) is 17.3 Å². The Morgan fingerprint density at radius 1 is 1.43 bits per heavy atom. The molecule has 1 aliphatic carbocycles. The molecule has 5 nitrogen and oxygen atoms in total. The van der Waals surface area contributed by atoms with Crippen LogP contribution in [0.2, 0.25) is 5.02 Å². The van der Waals surface area contributed by atoms with Crippen LogP contribution in [0.1, 0.15) is 23.2 Å². The Morgan fingerprint density at radius 3 is 2.57 bits per heavy atom. The number of amides is 1. The van der Waals surface area contributed by atoms with Crippen molar-refractivity contribution in [1.82, 2.24) is 5.32 Å². The summed E-state index contributed by atoms with van der Waals surface area (Å²) in [6, 6.07) is 2.70. The van der Waals surface area contributed by atoms with Gasteiger partial charge in [0.05, 0.1) is 16.7 Å². The van der Waals surface area contributed by atoms with Crippen molar-refractivity contribution in [3.63, 3.8) is 0 Å². The molecule has 0 radical (unpaired) electrons. The van der Waals surface area contributed by atoms with Crippen molar-refractivity contribution < 1.29 is 17.9 Å². The Bertz CT molecular complexity index is 674. The van der Waals surface area contributed by atoms with Gasteiger partial charge in [-0.1, -0.05) is 27.5 Å². The van der Waals surface area contributed by atoms with Crippen LogP contribution < -0.4 is 5.32 Å². The second-order valence-electron chi connectivity index (χ2n) is 4.70. The van der Waals surface area contributed by atoms with E-state index in [-0.39, 0.29) is 27.6 Å². The van der Waals surface area contributed by atoms with E-state index >= 15 is 0 Å². The van der Waals surface area contributed by atoms with Crippen molar-refractivity contribution in [3.8, 4) is 0 Å². The maximum Gasteiger partial charge on any atom is 0.262 e. The van der Waals surface area contributed by atoms with E-state index in [9.17, 15) is 13.2 Å². The molecule has 1 saturated carbocycles. The van der Waals surface area contributed by atoms with Crippen molar-refractivity contribution >= 4 is 53.2 Å². The molecule has 1 N–H and O–H groups in total. The van der Waals surface area contributed by atoms with Gasteiger partial charge in [-0.15, -0.1) is 0 Å². The number of hydrogen-bond donors (Lipinski definition) is 1. The third-order valence-electron chi connectivity index (χ3n) is 3.27. The summed E-state index contributed by atoms with van der Waals surface area (Å²) < 4.78 is 28.5. The third-order valence-corrected chi connectivity index (χ3v) is 5.60. The normalized spacial score (nSPS) is 21.7. The van der Waals surface area contributed by atoms with Crippen LogP contribution in [0.15, 0.2) is 21.5 Å². The van der Waals surface area contributed by atoms with E-state index in [1.165, 1.54) is 12.1 Å². The molecule has 0 aromatic heterocycles. The molecule has 0 spiro atoms. The van der Waals surface area contributed by atoms with E-state index in [4.69, 9.17) is 27.0 Å². The Kier molecular flexibility index (Phi) is 5.20. The summed E-state index contributed by atoms with van der Waals surface area (Å²) in [5, 5.41) is 2.59. The molecule has 0 atom stereocenters. The maximum atomic E-state index is 12.2. The first-order chi connectivity index (χ1) is 9.72. The Hall–Kier alpha value is -0.340. The van der Waals surface area contributed by atoms with Crippen molar-refractivity contribution in [2.45, 2.75) is 29.9 Å². The van der Waals surface area contributed by atoms with Crippen molar-refractivity contribution in [3.05, 3.63) is 27.2 Å². The predicted molar refractivity (Wildman–Crippen MR) is 83.5 cm³/mol. The summed E-state index contributed by atoms with van der Waals surface area (Å²) in [4.78, 5) is 11.9. The molecule has 0 bridgehead atoms. The molecule has 1 fully saturated rings. The van der Waals surface area contributed by atoms with Gasteiger partial charge in [0.2, 0.25) is 0 Å². The van der Waals surface area contributed by atoms with E-state index < -0.39 is 15.0 Å². The summed E-state index contributed by atoms with van der Waals surface area (Å²) in [7, 11) is 2.90. The van der Waals surface area contributed by atoms with Gasteiger partial charge in [0, 0.05) is 28.3 Å². The van der Waals surface area contributed by atoms with Crippen LogP contribution in [0.25, 0.3) is 0 Å². The topological polar surface area (TPSA) is 72.5 Å². The number of ether oxygens (including phenoxy) is 1. The van der Waals surface area contributed by atoms with E-state index in [2.05, 4.69) is 21.2 Å². The zero-order valence-corrected chi connectivity index (χ0v) is 14.8. The van der Waals surface area contributed by atoms with Gasteiger partial charge in [-0.05, 0) is 25.0 Å². The predicted octanol–water partition coefficient (Wildman–Crippen LogP) is 2.94. The van der Waals surface area contributed by atoms with Gasteiger partial charge in [0.1, 0.15) is 4.90 Å². The lowest BCUT2D eigenvalue weighted by atomic mass is 9.89. The zero-order valence-electron chi connectivity index (χ0n) is 10.9. The first-order valence-corrected chi connectivity index (χ1v) is 9.47. The third kappa shape index (κ3) is 3.90. The summed E-state index contributed by atoms with van der Waals surface area (Å²) in [6.45, 7) is 0. The summed E-state index contributed by atoms with van der Waals surface area (Å²) in [6.07, 6.45) is 1.58. The molecule has 1 aromatic carbocycles. The zero-order chi connectivity index (χ0) is 15.8. The highest BCUT2D eigenvalue weighted by atomic mass is 79.9. The van der Waals surface area contributed by atoms with Crippen molar-refractivity contribution in [2.24, 2.45) is 0 Å². The molecule has 116 valence electrons. The number of benzene rings is 1. The molecule has 2 rings (SSSR count). The van der Waals surface area contributed by atoms with Gasteiger partial charge in [0.15, 0.2) is 0 Å². The van der Waals surface area contributed by atoms with Gasteiger partial charge in [0.25, 0.3) is 15.0 Å². The van der Waals surface area contributed by atoms with Crippen LogP contribution in [0.3, 0.4) is 0 Å². The van der Waals surface area contributed by atoms with Gasteiger partial charge < -0.3 is 10.1 Å². The fraction of sp³-hybridized carbons (Fsp3) is 0.417. The van der Waals surface area contributed by atoms with Crippen molar-refractivity contribution in [2.75, 3.05) is 7.11 Å². The number of rotatable bonds is 4. The lowest BCUT2D eigenvalue weighted by molar-refractivity contribution is 0.0176. The van der Waals surface area contributed by atoms with Gasteiger partial charge in [-0.25, -0.2) is 8.42 Å². The lowest BCUT2D eigenvalue weighted by Gasteiger charge is -2.34. The van der Waals surface area contributed by atoms with Crippen LogP contribution in [-0.2, 0) is 13.8 Å². The monoisotopic (exact) mass is 415 g/mol. The summed E-state index contributed by atoms with van der Waals surface area (Å²) in [5.74, 6) is -0.442. The average Bonchev–Trinajstić information content (AvgIpc) is 2.33. The van der Waals surface area contributed by atoms with E-state index in [1.54, 1.807) is 7.11 Å². The fourth-order valence-corrected chi connectivity index (χ4v) is 4.23. The highest BCUT2D eigenvalue weighted by molar-refractivity contribution is 9.10. The molecular formula is C12H12BrCl2NO4S. The second kappa shape index (κ2) is 6.42. The number of methoxy groups -OCH3 is 1. The molecule has 0 unspecified atom stereocenters. The van der Waals surface area contributed by atoms with Crippen LogP contribution in [0, 0.1) is 0 Å². The highest BCUT2D eigenvalue weighted by Crippen LogP contribution is 2.32. The molecule has 0 saturated heterocycles. The Labute approximate surface area is 140 Å². The first-order valence-electron chi connectivity index (χ1n) is 5.99. The Balaban J connectivity index is 2.24.